The second kappa shape index (κ2) is 6.69. The summed E-state index contributed by atoms with van der Waals surface area (Å²) in [5, 5.41) is 0. The Balaban J connectivity index is 1.74. The van der Waals surface area contributed by atoms with Gasteiger partial charge in [-0.2, -0.15) is 13.2 Å². The van der Waals surface area contributed by atoms with Gasteiger partial charge < -0.3 is 16.4 Å². The number of hydrogen-bond acceptors (Lipinski definition) is 4. The Morgan fingerprint density at radius 1 is 1.15 bits per heavy atom. The predicted molar refractivity (Wildman–Crippen MR) is 98.2 cm³/mol. The van der Waals surface area contributed by atoms with Gasteiger partial charge in [0.2, 0.25) is 0 Å². The monoisotopic (exact) mass is 370 g/mol. The van der Waals surface area contributed by atoms with Crippen LogP contribution in [-0.4, -0.2) is 48.8 Å². The zero-order chi connectivity index (χ0) is 19.3. The molecule has 1 saturated heterocycles. The zero-order valence-electron chi connectivity index (χ0n) is 15.7. The first kappa shape index (κ1) is 19.5. The first-order valence-corrected chi connectivity index (χ1v) is 9.21. The lowest BCUT2D eigenvalue weighted by Gasteiger charge is -2.46. The van der Waals surface area contributed by atoms with Gasteiger partial charge in [-0.1, -0.05) is 12.1 Å². The van der Waals surface area contributed by atoms with Crippen LogP contribution in [0.4, 0.5) is 18.9 Å². The number of nitrogens with two attached hydrogens (primary N) is 2. The van der Waals surface area contributed by atoms with Crippen LogP contribution in [0.2, 0.25) is 0 Å². The number of nitrogens with zero attached hydrogens (tertiary/aromatic N) is 2. The minimum absolute atomic E-state index is 0.162. The third-order valence-electron chi connectivity index (χ3n) is 5.83. The van der Waals surface area contributed by atoms with Crippen LogP contribution in [0.3, 0.4) is 0 Å². The van der Waals surface area contributed by atoms with Gasteiger partial charge in [-0.3, -0.25) is 4.90 Å². The van der Waals surface area contributed by atoms with Gasteiger partial charge in [-0.05, 0) is 50.8 Å². The van der Waals surface area contributed by atoms with Crippen LogP contribution in [0.5, 0.6) is 0 Å². The molecule has 0 radical (unpaired) electrons. The normalized spacial score (nSPS) is 33.2. The van der Waals surface area contributed by atoms with E-state index in [0.717, 1.165) is 29.7 Å². The number of aryl methyl sites for hydroxylation is 1. The van der Waals surface area contributed by atoms with Crippen molar-refractivity contribution >= 4 is 5.69 Å². The summed E-state index contributed by atoms with van der Waals surface area (Å²) >= 11 is 0. The number of rotatable bonds is 3. The molecule has 2 aliphatic rings. The van der Waals surface area contributed by atoms with E-state index < -0.39 is 12.7 Å². The fourth-order valence-corrected chi connectivity index (χ4v) is 4.50. The predicted octanol–water partition coefficient (Wildman–Crippen LogP) is 2.73. The maximum atomic E-state index is 12.8. The van der Waals surface area contributed by atoms with Gasteiger partial charge in [0.15, 0.2) is 0 Å². The maximum Gasteiger partial charge on any atom is 0.401 e. The van der Waals surface area contributed by atoms with Crippen molar-refractivity contribution in [2.24, 2.45) is 11.5 Å². The molecule has 1 heterocycles. The average Bonchev–Trinajstić information content (AvgIpc) is 2.48. The molecule has 146 valence electrons. The van der Waals surface area contributed by atoms with Crippen LogP contribution < -0.4 is 16.4 Å². The number of alkyl halides is 3. The van der Waals surface area contributed by atoms with Gasteiger partial charge in [-0.25, -0.2) is 0 Å². The SMILES string of the molecule is Cc1cc(C2(N)CC(N)C2)ccc1N1CC(C)N(CC(F)(F)F)C(C)C1. The molecule has 1 saturated carbocycles. The van der Waals surface area contributed by atoms with Crippen molar-refractivity contribution in [1.29, 1.82) is 0 Å². The molecular weight excluding hydrogens is 341 g/mol. The topological polar surface area (TPSA) is 58.5 Å². The van der Waals surface area contributed by atoms with Gasteiger partial charge in [0.25, 0.3) is 0 Å². The Labute approximate surface area is 153 Å². The molecule has 3 rings (SSSR count). The Morgan fingerprint density at radius 2 is 1.73 bits per heavy atom. The lowest BCUT2D eigenvalue weighted by Crippen LogP contribution is -2.59. The van der Waals surface area contributed by atoms with Crippen LogP contribution >= 0.6 is 0 Å². The molecule has 26 heavy (non-hydrogen) atoms. The molecule has 7 heteroatoms. The highest BCUT2D eigenvalue weighted by molar-refractivity contribution is 5.56. The number of hydrogen-bond donors (Lipinski definition) is 2. The molecule has 2 unspecified atom stereocenters. The van der Waals surface area contributed by atoms with Crippen molar-refractivity contribution in [3.05, 3.63) is 29.3 Å². The van der Waals surface area contributed by atoms with Crippen LogP contribution in [0.15, 0.2) is 18.2 Å². The first-order chi connectivity index (χ1) is 12.0. The van der Waals surface area contributed by atoms with E-state index in [-0.39, 0.29) is 23.7 Å². The van der Waals surface area contributed by atoms with Crippen LogP contribution in [0.25, 0.3) is 0 Å². The fraction of sp³-hybridized carbons (Fsp3) is 0.684. The van der Waals surface area contributed by atoms with Crippen LogP contribution in [0, 0.1) is 6.92 Å². The highest BCUT2D eigenvalue weighted by Gasteiger charge is 2.41. The fourth-order valence-electron chi connectivity index (χ4n) is 4.50. The van der Waals surface area contributed by atoms with E-state index in [0.29, 0.717) is 13.1 Å². The summed E-state index contributed by atoms with van der Waals surface area (Å²) in [6, 6.07) is 6.06. The number of halogens is 3. The third-order valence-corrected chi connectivity index (χ3v) is 5.83. The summed E-state index contributed by atoms with van der Waals surface area (Å²) in [5.74, 6) is 0. The average molecular weight is 370 g/mol. The van der Waals surface area contributed by atoms with Gasteiger partial charge >= 0.3 is 6.18 Å². The van der Waals surface area contributed by atoms with Crippen LogP contribution in [-0.2, 0) is 5.54 Å². The van der Waals surface area contributed by atoms with Gasteiger partial charge in [-0.15, -0.1) is 0 Å². The molecule has 4 N–H and O–H groups in total. The molecule has 0 bridgehead atoms. The second-order valence-corrected chi connectivity index (χ2v) is 8.22. The van der Waals surface area contributed by atoms with E-state index in [1.807, 2.05) is 26.8 Å². The minimum atomic E-state index is -4.17. The Kier molecular flexibility index (Phi) is 5.01. The minimum Gasteiger partial charge on any atom is -0.368 e. The highest BCUT2D eigenvalue weighted by Crippen LogP contribution is 2.39. The third kappa shape index (κ3) is 3.85. The van der Waals surface area contributed by atoms with Gasteiger partial charge in [0, 0.05) is 42.4 Å². The maximum absolute atomic E-state index is 12.8. The molecule has 1 aromatic rings. The van der Waals surface area contributed by atoms with Crippen molar-refractivity contribution in [1.82, 2.24) is 4.90 Å². The zero-order valence-corrected chi connectivity index (χ0v) is 15.7. The molecule has 0 spiro atoms. The molecule has 1 aliphatic heterocycles. The lowest BCUT2D eigenvalue weighted by atomic mass is 9.69. The van der Waals surface area contributed by atoms with E-state index >= 15 is 0 Å². The van der Waals surface area contributed by atoms with Crippen molar-refractivity contribution < 1.29 is 13.2 Å². The van der Waals surface area contributed by atoms with E-state index in [9.17, 15) is 13.2 Å². The van der Waals surface area contributed by atoms with Gasteiger partial charge in [0.05, 0.1) is 6.54 Å². The van der Waals surface area contributed by atoms with E-state index in [1.165, 1.54) is 0 Å². The Bertz CT molecular complexity index is 643. The summed E-state index contributed by atoms with van der Waals surface area (Å²) in [5.41, 5.74) is 15.3. The summed E-state index contributed by atoms with van der Waals surface area (Å²) < 4.78 is 38.5. The molecule has 2 atom stereocenters. The van der Waals surface area contributed by atoms with Crippen molar-refractivity contribution in [2.45, 2.75) is 63.5 Å². The largest absolute Gasteiger partial charge is 0.401 e. The highest BCUT2D eigenvalue weighted by atomic mass is 19.4. The van der Waals surface area contributed by atoms with Gasteiger partial charge in [0.1, 0.15) is 0 Å². The van der Waals surface area contributed by atoms with Crippen LogP contribution in [0.1, 0.15) is 37.8 Å². The van der Waals surface area contributed by atoms with Crippen molar-refractivity contribution in [3.8, 4) is 0 Å². The smallest absolute Gasteiger partial charge is 0.368 e. The van der Waals surface area contributed by atoms with E-state index in [2.05, 4.69) is 17.0 Å². The molecular formula is C19H29F3N4. The number of benzene rings is 1. The van der Waals surface area contributed by atoms with Crippen molar-refractivity contribution in [2.75, 3.05) is 24.5 Å². The quantitative estimate of drug-likeness (QED) is 0.859. The molecule has 4 nitrogen and oxygen atoms in total. The molecule has 2 fully saturated rings. The number of piperazine rings is 1. The summed E-state index contributed by atoms with van der Waals surface area (Å²) in [7, 11) is 0. The summed E-state index contributed by atoms with van der Waals surface area (Å²) in [6.07, 6.45) is -2.59. The standard InChI is InChI=1S/C19H29F3N4/c1-12-6-15(18(24)7-16(23)8-18)4-5-17(12)25-9-13(2)26(14(3)10-25)11-19(20,21)22/h4-6,13-14,16H,7-11,23-24H2,1-3H3. The van der Waals surface area contributed by atoms with E-state index in [1.54, 1.807) is 4.90 Å². The molecule has 1 aromatic carbocycles. The Hall–Kier alpha value is -1.31. The first-order valence-electron chi connectivity index (χ1n) is 9.21. The molecule has 1 aliphatic carbocycles. The van der Waals surface area contributed by atoms with Crippen molar-refractivity contribution in [3.63, 3.8) is 0 Å². The number of anilines is 1. The molecule has 0 aromatic heterocycles. The summed E-state index contributed by atoms with van der Waals surface area (Å²) in [4.78, 5) is 3.74. The lowest BCUT2D eigenvalue weighted by molar-refractivity contribution is -0.156. The summed E-state index contributed by atoms with van der Waals surface area (Å²) in [6.45, 7) is 6.08. The second-order valence-electron chi connectivity index (χ2n) is 8.22. The molecule has 0 amide bonds. The Morgan fingerprint density at radius 3 is 2.19 bits per heavy atom. The van der Waals surface area contributed by atoms with E-state index in [4.69, 9.17) is 11.5 Å².